The Labute approximate surface area is 109 Å². The number of hydrogen-bond acceptors (Lipinski definition) is 5. The summed E-state index contributed by atoms with van der Waals surface area (Å²) < 4.78 is 5.31. The second-order valence-corrected chi connectivity index (χ2v) is 4.90. The van der Waals surface area contributed by atoms with E-state index in [-0.39, 0.29) is 5.76 Å². The van der Waals surface area contributed by atoms with Crippen molar-refractivity contribution in [1.82, 2.24) is 9.88 Å². The third kappa shape index (κ3) is 2.96. The zero-order valence-corrected chi connectivity index (χ0v) is 11.0. The van der Waals surface area contributed by atoms with Crippen molar-refractivity contribution in [2.75, 3.05) is 7.05 Å². The molecule has 0 spiro atoms. The van der Waals surface area contributed by atoms with Crippen molar-refractivity contribution in [3.8, 4) is 0 Å². The number of carboxylic acids is 1. The maximum Gasteiger partial charge on any atom is 0.372 e. The van der Waals surface area contributed by atoms with Crippen LogP contribution in [-0.2, 0) is 13.1 Å². The lowest BCUT2D eigenvalue weighted by Gasteiger charge is -2.12. The van der Waals surface area contributed by atoms with Gasteiger partial charge in [-0.25, -0.2) is 9.78 Å². The highest BCUT2D eigenvalue weighted by molar-refractivity contribution is 7.07. The van der Waals surface area contributed by atoms with Crippen molar-refractivity contribution < 1.29 is 14.3 Å². The van der Waals surface area contributed by atoms with Crippen LogP contribution in [0.2, 0.25) is 0 Å². The SMILES string of the molecule is Cc1cc(CN(C)Cc2cscn2)oc1C(=O)O. The molecule has 0 fully saturated rings. The van der Waals surface area contributed by atoms with Gasteiger partial charge >= 0.3 is 5.97 Å². The molecule has 0 radical (unpaired) electrons. The Morgan fingerprint density at radius 2 is 2.33 bits per heavy atom. The Bertz CT molecular complexity index is 534. The highest BCUT2D eigenvalue weighted by Gasteiger charge is 2.15. The van der Waals surface area contributed by atoms with E-state index in [2.05, 4.69) is 4.98 Å². The molecule has 0 saturated carbocycles. The van der Waals surface area contributed by atoms with E-state index in [9.17, 15) is 4.79 Å². The second kappa shape index (κ2) is 5.32. The van der Waals surface area contributed by atoms with Crippen LogP contribution in [0.1, 0.15) is 27.6 Å². The molecule has 2 aromatic heterocycles. The molecule has 18 heavy (non-hydrogen) atoms. The van der Waals surface area contributed by atoms with Crippen molar-refractivity contribution in [3.05, 3.63) is 39.7 Å². The van der Waals surface area contributed by atoms with E-state index >= 15 is 0 Å². The average molecular weight is 266 g/mol. The van der Waals surface area contributed by atoms with Crippen molar-refractivity contribution in [2.45, 2.75) is 20.0 Å². The van der Waals surface area contributed by atoms with Gasteiger partial charge in [-0.05, 0) is 20.0 Å². The number of hydrogen-bond donors (Lipinski definition) is 1. The lowest BCUT2D eigenvalue weighted by atomic mass is 10.2. The summed E-state index contributed by atoms with van der Waals surface area (Å²) in [6.07, 6.45) is 0. The van der Waals surface area contributed by atoms with Crippen LogP contribution in [0.4, 0.5) is 0 Å². The minimum absolute atomic E-state index is 0.0204. The summed E-state index contributed by atoms with van der Waals surface area (Å²) in [5.74, 6) is -0.351. The predicted octanol–water partition coefficient (Wildman–Crippen LogP) is 2.37. The molecule has 6 heteroatoms. The average Bonchev–Trinajstić information content (AvgIpc) is 2.88. The third-order valence-electron chi connectivity index (χ3n) is 2.50. The quantitative estimate of drug-likeness (QED) is 0.900. The maximum absolute atomic E-state index is 10.9. The number of furan rings is 1. The van der Waals surface area contributed by atoms with E-state index in [0.717, 1.165) is 5.69 Å². The molecule has 0 unspecified atom stereocenters. The van der Waals surface area contributed by atoms with Gasteiger partial charge in [-0.3, -0.25) is 4.90 Å². The van der Waals surface area contributed by atoms with Gasteiger partial charge in [0.1, 0.15) is 5.76 Å². The van der Waals surface area contributed by atoms with Crippen molar-refractivity contribution in [2.24, 2.45) is 0 Å². The fourth-order valence-electron chi connectivity index (χ4n) is 1.75. The minimum atomic E-state index is -1.03. The first-order valence-electron chi connectivity index (χ1n) is 5.44. The van der Waals surface area contributed by atoms with Gasteiger partial charge < -0.3 is 9.52 Å². The molecule has 2 heterocycles. The maximum atomic E-state index is 10.9. The summed E-state index contributed by atoms with van der Waals surface area (Å²) in [5, 5.41) is 10.9. The first-order chi connectivity index (χ1) is 8.56. The van der Waals surface area contributed by atoms with E-state index in [1.807, 2.05) is 17.3 Å². The van der Waals surface area contributed by atoms with Gasteiger partial charge in [0.2, 0.25) is 5.76 Å². The molecule has 0 bridgehead atoms. The summed E-state index contributed by atoms with van der Waals surface area (Å²) in [6.45, 7) is 3.01. The molecule has 2 rings (SSSR count). The molecular weight excluding hydrogens is 252 g/mol. The summed E-state index contributed by atoms with van der Waals surface area (Å²) in [4.78, 5) is 17.1. The largest absolute Gasteiger partial charge is 0.475 e. The van der Waals surface area contributed by atoms with Gasteiger partial charge in [-0.1, -0.05) is 0 Å². The minimum Gasteiger partial charge on any atom is -0.475 e. The molecular formula is C12H14N2O3S. The molecule has 96 valence electrons. The molecule has 0 aromatic carbocycles. The van der Waals surface area contributed by atoms with Gasteiger partial charge in [0.25, 0.3) is 0 Å². The standard InChI is InChI=1S/C12H14N2O3S/c1-8-3-10(17-11(8)12(15)16)5-14(2)4-9-6-18-7-13-9/h3,6-7H,4-5H2,1-2H3,(H,15,16). The Hall–Kier alpha value is -1.66. The van der Waals surface area contributed by atoms with Crippen molar-refractivity contribution in [1.29, 1.82) is 0 Å². The number of rotatable bonds is 5. The molecule has 0 amide bonds. The number of aromatic carboxylic acids is 1. The monoisotopic (exact) mass is 266 g/mol. The lowest BCUT2D eigenvalue weighted by Crippen LogP contribution is -2.17. The van der Waals surface area contributed by atoms with E-state index < -0.39 is 5.97 Å². The van der Waals surface area contributed by atoms with E-state index in [4.69, 9.17) is 9.52 Å². The molecule has 0 aliphatic rings. The van der Waals surface area contributed by atoms with Gasteiger partial charge in [-0.2, -0.15) is 0 Å². The first kappa shape index (κ1) is 12.8. The van der Waals surface area contributed by atoms with Crippen LogP contribution in [0.5, 0.6) is 0 Å². The predicted molar refractivity (Wildman–Crippen MR) is 67.7 cm³/mol. The number of aryl methyl sites for hydroxylation is 1. The van der Waals surface area contributed by atoms with Crippen LogP contribution in [0, 0.1) is 6.92 Å². The van der Waals surface area contributed by atoms with Gasteiger partial charge in [0.15, 0.2) is 0 Å². The number of aromatic nitrogens is 1. The molecule has 0 saturated heterocycles. The molecule has 2 aromatic rings. The van der Waals surface area contributed by atoms with Gasteiger partial charge in [0, 0.05) is 17.5 Å². The van der Waals surface area contributed by atoms with Crippen LogP contribution < -0.4 is 0 Å². The lowest BCUT2D eigenvalue weighted by molar-refractivity contribution is 0.0657. The highest BCUT2D eigenvalue weighted by Crippen LogP contribution is 2.16. The molecule has 5 nitrogen and oxygen atoms in total. The Morgan fingerprint density at radius 1 is 1.56 bits per heavy atom. The number of thiazole rings is 1. The Kier molecular flexibility index (Phi) is 3.78. The normalized spacial score (nSPS) is 11.1. The van der Waals surface area contributed by atoms with E-state index in [1.165, 1.54) is 0 Å². The van der Waals surface area contributed by atoms with Crippen LogP contribution in [0.15, 0.2) is 21.4 Å². The Balaban J connectivity index is 2.01. The summed E-state index contributed by atoms with van der Waals surface area (Å²) in [5.41, 5.74) is 3.45. The molecule has 1 N–H and O–H groups in total. The number of nitrogens with zero attached hydrogens (tertiary/aromatic N) is 2. The fraction of sp³-hybridized carbons (Fsp3) is 0.333. The van der Waals surface area contributed by atoms with E-state index in [0.29, 0.717) is 24.4 Å². The highest BCUT2D eigenvalue weighted by atomic mass is 32.1. The van der Waals surface area contributed by atoms with Gasteiger partial charge in [0.05, 0.1) is 17.7 Å². The zero-order valence-electron chi connectivity index (χ0n) is 10.2. The van der Waals surface area contributed by atoms with E-state index in [1.54, 1.807) is 29.8 Å². The summed E-state index contributed by atoms with van der Waals surface area (Å²) in [6, 6.07) is 1.76. The second-order valence-electron chi connectivity index (χ2n) is 4.18. The van der Waals surface area contributed by atoms with Crippen molar-refractivity contribution in [3.63, 3.8) is 0 Å². The number of carboxylic acid groups (broad SMARTS) is 1. The summed E-state index contributed by atoms with van der Waals surface area (Å²) >= 11 is 1.56. The zero-order chi connectivity index (χ0) is 13.1. The van der Waals surface area contributed by atoms with Crippen LogP contribution in [0.3, 0.4) is 0 Å². The van der Waals surface area contributed by atoms with Crippen LogP contribution >= 0.6 is 11.3 Å². The van der Waals surface area contributed by atoms with Crippen LogP contribution in [-0.4, -0.2) is 28.0 Å². The third-order valence-corrected chi connectivity index (χ3v) is 3.14. The van der Waals surface area contributed by atoms with Gasteiger partial charge in [-0.15, -0.1) is 11.3 Å². The Morgan fingerprint density at radius 3 is 2.89 bits per heavy atom. The molecule has 0 aliphatic heterocycles. The smallest absolute Gasteiger partial charge is 0.372 e. The van der Waals surface area contributed by atoms with Crippen LogP contribution in [0.25, 0.3) is 0 Å². The fourth-order valence-corrected chi connectivity index (χ4v) is 2.30. The van der Waals surface area contributed by atoms with Crippen molar-refractivity contribution >= 4 is 17.3 Å². The molecule has 0 atom stereocenters. The number of carbonyl (C=O) groups is 1. The first-order valence-corrected chi connectivity index (χ1v) is 6.38. The summed E-state index contributed by atoms with van der Waals surface area (Å²) in [7, 11) is 1.94. The topological polar surface area (TPSA) is 66.6 Å². The molecule has 0 aliphatic carbocycles.